The smallest absolute Gasteiger partial charge is 0.227 e. The van der Waals surface area contributed by atoms with Crippen molar-refractivity contribution >= 4 is 16.8 Å². The summed E-state index contributed by atoms with van der Waals surface area (Å²) in [5, 5.41) is 4.74. The Bertz CT molecular complexity index is 712. The molecule has 4 rings (SSSR count). The van der Waals surface area contributed by atoms with Gasteiger partial charge in [-0.15, -0.1) is 0 Å². The van der Waals surface area contributed by atoms with E-state index in [1.54, 1.807) is 6.20 Å². The number of pyridine rings is 1. The van der Waals surface area contributed by atoms with Crippen molar-refractivity contribution in [2.45, 2.75) is 50.2 Å². The minimum Gasteiger partial charge on any atom is -0.342 e. The van der Waals surface area contributed by atoms with Crippen LogP contribution in [-0.2, 0) is 11.2 Å². The van der Waals surface area contributed by atoms with Crippen molar-refractivity contribution in [1.82, 2.24) is 15.2 Å². The molecular formula is C19H23N3O. The predicted molar refractivity (Wildman–Crippen MR) is 91.2 cm³/mol. The fourth-order valence-electron chi connectivity index (χ4n) is 4.14. The number of hydrogen-bond donors (Lipinski definition) is 1. The zero-order valence-electron chi connectivity index (χ0n) is 13.5. The standard InChI is InChI=1S/C19H23N3O/c1-22(17-11-15-7-8-16(12-17)21-15)18(23)10-14-5-2-4-13-6-3-9-20-19(13)14/h2-6,9,15-17,21H,7-8,10-12H2,1H3. The number of aromatic nitrogens is 1. The Morgan fingerprint density at radius 3 is 2.74 bits per heavy atom. The van der Waals surface area contributed by atoms with E-state index in [-0.39, 0.29) is 5.91 Å². The number of piperidine rings is 1. The van der Waals surface area contributed by atoms with Crippen LogP contribution in [0, 0.1) is 0 Å². The van der Waals surface area contributed by atoms with Gasteiger partial charge in [-0.05, 0) is 37.3 Å². The summed E-state index contributed by atoms with van der Waals surface area (Å²) in [6.07, 6.45) is 6.93. The normalized spacial score (nSPS) is 26.4. The predicted octanol–water partition coefficient (Wildman–Crippen LogP) is 2.52. The second-order valence-corrected chi connectivity index (χ2v) is 6.94. The topological polar surface area (TPSA) is 45.2 Å². The Morgan fingerprint density at radius 1 is 1.22 bits per heavy atom. The molecule has 2 aromatic rings. The Hall–Kier alpha value is -1.94. The highest BCUT2D eigenvalue weighted by molar-refractivity contribution is 5.87. The zero-order chi connectivity index (χ0) is 15.8. The van der Waals surface area contributed by atoms with Crippen LogP contribution in [0.4, 0.5) is 0 Å². The molecule has 1 aromatic carbocycles. The SMILES string of the molecule is CN(C(=O)Cc1cccc2cccnc12)C1CC2CCC(C1)N2. The maximum atomic E-state index is 12.8. The minimum absolute atomic E-state index is 0.203. The Balaban J connectivity index is 1.50. The number of para-hydroxylation sites is 1. The van der Waals surface area contributed by atoms with Crippen LogP contribution in [0.15, 0.2) is 36.5 Å². The van der Waals surface area contributed by atoms with Gasteiger partial charge in [0.25, 0.3) is 0 Å². The number of amides is 1. The number of hydrogen-bond acceptors (Lipinski definition) is 3. The number of nitrogens with zero attached hydrogens (tertiary/aromatic N) is 2. The first-order chi connectivity index (χ1) is 11.2. The van der Waals surface area contributed by atoms with Crippen LogP contribution >= 0.6 is 0 Å². The van der Waals surface area contributed by atoms with Crippen molar-refractivity contribution in [3.8, 4) is 0 Å². The number of rotatable bonds is 3. The molecule has 0 saturated carbocycles. The van der Waals surface area contributed by atoms with Crippen molar-refractivity contribution in [3.05, 3.63) is 42.1 Å². The lowest BCUT2D eigenvalue weighted by Gasteiger charge is -2.35. The molecule has 4 heteroatoms. The zero-order valence-corrected chi connectivity index (χ0v) is 13.5. The van der Waals surface area contributed by atoms with Crippen molar-refractivity contribution in [2.24, 2.45) is 0 Å². The first-order valence-electron chi connectivity index (χ1n) is 8.55. The van der Waals surface area contributed by atoms with Crippen LogP contribution in [0.3, 0.4) is 0 Å². The lowest BCUT2D eigenvalue weighted by atomic mass is 9.97. The van der Waals surface area contributed by atoms with Gasteiger partial charge in [0.1, 0.15) is 0 Å². The molecule has 0 aliphatic carbocycles. The minimum atomic E-state index is 0.203. The fraction of sp³-hybridized carbons (Fsp3) is 0.474. The molecular weight excluding hydrogens is 286 g/mol. The van der Waals surface area contributed by atoms with Crippen LogP contribution in [0.1, 0.15) is 31.2 Å². The van der Waals surface area contributed by atoms with Crippen LogP contribution in [-0.4, -0.2) is 41.0 Å². The number of fused-ring (bicyclic) bond motifs is 3. The van der Waals surface area contributed by atoms with E-state index in [9.17, 15) is 4.79 Å². The van der Waals surface area contributed by atoms with Crippen LogP contribution in [0.2, 0.25) is 0 Å². The molecule has 2 unspecified atom stereocenters. The molecule has 120 valence electrons. The molecule has 0 spiro atoms. The van der Waals surface area contributed by atoms with Crippen LogP contribution in [0.25, 0.3) is 10.9 Å². The number of nitrogens with one attached hydrogen (secondary N) is 1. The van der Waals surface area contributed by atoms with Gasteiger partial charge in [-0.2, -0.15) is 0 Å². The lowest BCUT2D eigenvalue weighted by molar-refractivity contribution is -0.131. The molecule has 2 aliphatic heterocycles. The van der Waals surface area contributed by atoms with Gasteiger partial charge in [-0.3, -0.25) is 9.78 Å². The third-order valence-corrected chi connectivity index (χ3v) is 5.45. The Morgan fingerprint density at radius 2 is 1.96 bits per heavy atom. The van der Waals surface area contributed by atoms with E-state index >= 15 is 0 Å². The summed E-state index contributed by atoms with van der Waals surface area (Å²) >= 11 is 0. The van der Waals surface area contributed by atoms with E-state index in [4.69, 9.17) is 0 Å². The van der Waals surface area contributed by atoms with Crippen molar-refractivity contribution in [2.75, 3.05) is 7.05 Å². The molecule has 2 atom stereocenters. The van der Waals surface area contributed by atoms with Gasteiger partial charge in [0, 0.05) is 36.8 Å². The molecule has 2 aliphatic rings. The fourth-order valence-corrected chi connectivity index (χ4v) is 4.14. The van der Waals surface area contributed by atoms with Gasteiger partial charge >= 0.3 is 0 Å². The summed E-state index contributed by atoms with van der Waals surface area (Å²) in [7, 11) is 1.97. The monoisotopic (exact) mass is 309 g/mol. The molecule has 4 nitrogen and oxygen atoms in total. The maximum absolute atomic E-state index is 12.8. The highest BCUT2D eigenvalue weighted by atomic mass is 16.2. The average Bonchev–Trinajstić information content (AvgIpc) is 2.92. The quantitative estimate of drug-likeness (QED) is 0.947. The number of likely N-dealkylation sites (N-methyl/N-ethyl adjacent to an activating group) is 1. The number of carbonyl (C=O) groups excluding carboxylic acids is 1. The van der Waals surface area contributed by atoms with Gasteiger partial charge in [-0.25, -0.2) is 0 Å². The Labute approximate surface area is 136 Å². The summed E-state index contributed by atoms with van der Waals surface area (Å²) in [5.41, 5.74) is 1.97. The maximum Gasteiger partial charge on any atom is 0.227 e. The molecule has 23 heavy (non-hydrogen) atoms. The number of carbonyl (C=O) groups is 1. The Kier molecular flexibility index (Phi) is 3.77. The third kappa shape index (κ3) is 2.83. The van der Waals surface area contributed by atoms with E-state index in [0.29, 0.717) is 24.5 Å². The first kappa shape index (κ1) is 14.6. The molecule has 2 saturated heterocycles. The molecule has 3 heterocycles. The van der Waals surface area contributed by atoms with E-state index in [2.05, 4.69) is 10.3 Å². The van der Waals surface area contributed by atoms with Crippen molar-refractivity contribution in [1.29, 1.82) is 0 Å². The molecule has 2 bridgehead atoms. The van der Waals surface area contributed by atoms with E-state index < -0.39 is 0 Å². The van der Waals surface area contributed by atoms with Gasteiger partial charge in [0.05, 0.1) is 11.9 Å². The molecule has 2 fully saturated rings. The second kappa shape index (κ2) is 5.93. The van der Waals surface area contributed by atoms with E-state index in [1.807, 2.05) is 42.3 Å². The molecule has 1 amide bonds. The lowest BCUT2D eigenvalue weighted by Crippen LogP contribution is -2.49. The summed E-state index contributed by atoms with van der Waals surface area (Å²) < 4.78 is 0. The van der Waals surface area contributed by atoms with E-state index in [0.717, 1.165) is 29.3 Å². The summed E-state index contributed by atoms with van der Waals surface area (Å²) in [4.78, 5) is 19.2. The van der Waals surface area contributed by atoms with Crippen LogP contribution < -0.4 is 5.32 Å². The van der Waals surface area contributed by atoms with E-state index in [1.165, 1.54) is 12.8 Å². The highest BCUT2D eigenvalue weighted by Gasteiger charge is 2.36. The largest absolute Gasteiger partial charge is 0.342 e. The summed E-state index contributed by atoms with van der Waals surface area (Å²) in [6, 6.07) is 11.6. The van der Waals surface area contributed by atoms with Gasteiger partial charge in [0.2, 0.25) is 5.91 Å². The third-order valence-electron chi connectivity index (χ3n) is 5.45. The number of benzene rings is 1. The molecule has 0 radical (unpaired) electrons. The second-order valence-electron chi connectivity index (χ2n) is 6.94. The molecule has 1 N–H and O–H groups in total. The van der Waals surface area contributed by atoms with Crippen molar-refractivity contribution in [3.63, 3.8) is 0 Å². The first-order valence-corrected chi connectivity index (χ1v) is 8.55. The summed E-state index contributed by atoms with van der Waals surface area (Å²) in [6.45, 7) is 0. The van der Waals surface area contributed by atoms with Crippen molar-refractivity contribution < 1.29 is 4.79 Å². The molecule has 1 aromatic heterocycles. The van der Waals surface area contributed by atoms with Gasteiger partial charge in [-0.1, -0.05) is 24.3 Å². The summed E-state index contributed by atoms with van der Waals surface area (Å²) in [5.74, 6) is 0.203. The average molecular weight is 309 g/mol. The van der Waals surface area contributed by atoms with Gasteiger partial charge < -0.3 is 10.2 Å². The van der Waals surface area contributed by atoms with Crippen LogP contribution in [0.5, 0.6) is 0 Å². The van der Waals surface area contributed by atoms with Gasteiger partial charge in [0.15, 0.2) is 0 Å². The highest BCUT2D eigenvalue weighted by Crippen LogP contribution is 2.29.